The molecule has 0 aromatic carbocycles. The highest BCUT2D eigenvalue weighted by atomic mass is 32.2. The van der Waals surface area contributed by atoms with Crippen LogP contribution < -0.4 is 0 Å². The Kier molecular flexibility index (Phi) is 3.22. The third kappa shape index (κ3) is 6.03. The summed E-state index contributed by atoms with van der Waals surface area (Å²) in [5.74, 6) is 0. The lowest BCUT2D eigenvalue weighted by molar-refractivity contribution is -0.0335. The molecule has 0 aliphatic heterocycles. The Balaban J connectivity index is 4.13. The highest BCUT2D eigenvalue weighted by Gasteiger charge is 2.36. The van der Waals surface area contributed by atoms with Crippen LogP contribution in [0, 0.1) is 0 Å². The summed E-state index contributed by atoms with van der Waals surface area (Å²) in [6, 6.07) is 0. The highest BCUT2D eigenvalue weighted by molar-refractivity contribution is 8.02. The van der Waals surface area contributed by atoms with Crippen molar-refractivity contribution in [3.8, 4) is 0 Å². The maximum atomic E-state index is 11.7. The zero-order chi connectivity index (χ0) is 9.12. The summed E-state index contributed by atoms with van der Waals surface area (Å²) in [4.78, 5) is 0. The molecule has 1 N–H and O–H groups in total. The molecule has 0 radical (unpaired) electrons. The van der Waals surface area contributed by atoms with Crippen molar-refractivity contribution in [3.63, 3.8) is 0 Å². The van der Waals surface area contributed by atoms with Crippen LogP contribution in [-0.4, -0.2) is 21.7 Å². The minimum atomic E-state index is -4.30. The molecule has 0 saturated carbocycles. The molecule has 0 fully saturated rings. The molecular formula is C5H8F3NOS. The maximum absolute atomic E-state index is 11.7. The first-order chi connectivity index (χ1) is 4.77. The molecule has 11 heavy (non-hydrogen) atoms. The van der Waals surface area contributed by atoms with E-state index in [-0.39, 0.29) is 11.8 Å². The van der Waals surface area contributed by atoms with E-state index in [1.807, 2.05) is 0 Å². The predicted molar refractivity (Wildman–Crippen MR) is 38.0 cm³/mol. The molecule has 0 spiro atoms. The summed E-state index contributed by atoms with van der Waals surface area (Å²) in [6.45, 7) is 2.62. The Morgan fingerprint density at radius 3 is 2.09 bits per heavy atom. The molecule has 6 heteroatoms. The van der Waals surface area contributed by atoms with Gasteiger partial charge in [0.2, 0.25) is 0 Å². The molecule has 0 rings (SSSR count). The van der Waals surface area contributed by atoms with Crippen LogP contribution in [0.4, 0.5) is 13.2 Å². The lowest BCUT2D eigenvalue weighted by Gasteiger charge is -2.18. The van der Waals surface area contributed by atoms with Gasteiger partial charge in [0.1, 0.15) is 0 Å². The van der Waals surface area contributed by atoms with E-state index in [2.05, 4.69) is 5.16 Å². The molecule has 0 aliphatic rings. The van der Waals surface area contributed by atoms with Crippen molar-refractivity contribution < 1.29 is 18.4 Å². The van der Waals surface area contributed by atoms with Gasteiger partial charge < -0.3 is 5.21 Å². The minimum Gasteiger partial charge on any atom is -0.411 e. The van der Waals surface area contributed by atoms with Crippen LogP contribution >= 0.6 is 11.8 Å². The van der Waals surface area contributed by atoms with Crippen molar-refractivity contribution in [1.29, 1.82) is 0 Å². The number of halogens is 3. The molecule has 0 aromatic rings. The van der Waals surface area contributed by atoms with E-state index in [9.17, 15) is 13.2 Å². The molecule has 2 nitrogen and oxygen atoms in total. The fraction of sp³-hybridized carbons (Fsp3) is 0.800. The van der Waals surface area contributed by atoms with Gasteiger partial charge in [-0.3, -0.25) is 0 Å². The van der Waals surface area contributed by atoms with E-state index in [4.69, 9.17) is 5.21 Å². The maximum Gasteiger partial charge on any atom is 0.442 e. The summed E-state index contributed by atoms with van der Waals surface area (Å²) in [5.41, 5.74) is -4.30. The average Bonchev–Trinajstić information content (AvgIpc) is 1.55. The van der Waals surface area contributed by atoms with Gasteiger partial charge in [0.25, 0.3) is 0 Å². The SMILES string of the molecule is CC(C)(C=NO)SC(F)(F)F. The topological polar surface area (TPSA) is 32.6 Å². The second-order valence-electron chi connectivity index (χ2n) is 2.40. The summed E-state index contributed by atoms with van der Waals surface area (Å²) >= 11 is -0.226. The van der Waals surface area contributed by atoms with Crippen molar-refractivity contribution in [2.24, 2.45) is 5.16 Å². The van der Waals surface area contributed by atoms with Gasteiger partial charge in [-0.25, -0.2) is 0 Å². The highest BCUT2D eigenvalue weighted by Crippen LogP contribution is 2.39. The van der Waals surface area contributed by atoms with E-state index in [0.717, 1.165) is 6.21 Å². The van der Waals surface area contributed by atoms with Gasteiger partial charge in [0, 0.05) is 0 Å². The lowest BCUT2D eigenvalue weighted by Crippen LogP contribution is -2.22. The smallest absolute Gasteiger partial charge is 0.411 e. The van der Waals surface area contributed by atoms with Gasteiger partial charge in [-0.1, -0.05) is 0 Å². The molecule has 0 aliphatic carbocycles. The summed E-state index contributed by atoms with van der Waals surface area (Å²) in [7, 11) is 0. The van der Waals surface area contributed by atoms with Crippen LogP contribution in [-0.2, 0) is 0 Å². The fourth-order valence-corrected chi connectivity index (χ4v) is 1.16. The number of hydrogen-bond acceptors (Lipinski definition) is 3. The molecule has 0 amide bonds. The van der Waals surface area contributed by atoms with E-state index in [1.54, 1.807) is 0 Å². The number of rotatable bonds is 2. The predicted octanol–water partition coefficient (Wildman–Crippen LogP) is 2.48. The summed E-state index contributed by atoms with van der Waals surface area (Å²) < 4.78 is 33.9. The van der Waals surface area contributed by atoms with Crippen LogP contribution in [0.5, 0.6) is 0 Å². The number of thioether (sulfide) groups is 1. The Bertz CT molecular complexity index is 154. The molecular weight excluding hydrogens is 179 g/mol. The van der Waals surface area contributed by atoms with Crippen molar-refractivity contribution in [3.05, 3.63) is 0 Å². The van der Waals surface area contributed by atoms with Crippen LogP contribution in [0.3, 0.4) is 0 Å². The molecule has 0 bridgehead atoms. The van der Waals surface area contributed by atoms with Crippen molar-refractivity contribution in [2.75, 3.05) is 0 Å². The Morgan fingerprint density at radius 1 is 1.36 bits per heavy atom. The standard InChI is InChI=1S/C5H8F3NOS/c1-4(2,3-9-10)11-5(6,7)8/h3,10H,1-2H3. The largest absolute Gasteiger partial charge is 0.442 e. The first-order valence-electron chi connectivity index (χ1n) is 2.72. The second-order valence-corrected chi connectivity index (χ2v) is 4.12. The Morgan fingerprint density at radius 2 is 1.82 bits per heavy atom. The van der Waals surface area contributed by atoms with Gasteiger partial charge in [-0.05, 0) is 25.6 Å². The quantitative estimate of drug-likeness (QED) is 0.409. The van der Waals surface area contributed by atoms with Crippen LogP contribution in [0.1, 0.15) is 13.8 Å². The zero-order valence-corrected chi connectivity index (χ0v) is 6.83. The van der Waals surface area contributed by atoms with Crippen LogP contribution in [0.25, 0.3) is 0 Å². The summed E-state index contributed by atoms with van der Waals surface area (Å²) in [5, 5.41) is 10.5. The Hall–Kier alpha value is -0.390. The van der Waals surface area contributed by atoms with Crippen molar-refractivity contribution in [2.45, 2.75) is 24.1 Å². The number of oxime groups is 1. The zero-order valence-electron chi connectivity index (χ0n) is 6.01. The molecule has 0 aromatic heterocycles. The van der Waals surface area contributed by atoms with E-state index < -0.39 is 10.3 Å². The van der Waals surface area contributed by atoms with Crippen molar-refractivity contribution in [1.82, 2.24) is 0 Å². The fourth-order valence-electron chi connectivity index (χ4n) is 0.464. The average molecular weight is 187 g/mol. The van der Waals surface area contributed by atoms with Crippen LogP contribution in [0.2, 0.25) is 0 Å². The normalized spacial score (nSPS) is 14.3. The van der Waals surface area contributed by atoms with Crippen molar-refractivity contribution >= 4 is 18.0 Å². The third-order valence-electron chi connectivity index (χ3n) is 0.747. The first-order valence-corrected chi connectivity index (χ1v) is 3.54. The van der Waals surface area contributed by atoms with Gasteiger partial charge in [-0.2, -0.15) is 13.2 Å². The first kappa shape index (κ1) is 10.6. The summed E-state index contributed by atoms with van der Waals surface area (Å²) in [6.07, 6.45) is 0.838. The van der Waals surface area contributed by atoms with E-state index in [0.29, 0.717) is 0 Å². The minimum absolute atomic E-state index is 0.226. The van der Waals surface area contributed by atoms with Crippen LogP contribution in [0.15, 0.2) is 5.16 Å². The molecule has 0 unspecified atom stereocenters. The number of alkyl halides is 3. The lowest BCUT2D eigenvalue weighted by atomic mass is 10.2. The Labute approximate surface area is 66.5 Å². The van der Waals surface area contributed by atoms with Gasteiger partial charge in [0.15, 0.2) is 0 Å². The number of hydrogen-bond donors (Lipinski definition) is 1. The molecule has 0 saturated heterocycles. The molecule has 0 atom stereocenters. The monoisotopic (exact) mass is 187 g/mol. The van der Waals surface area contributed by atoms with E-state index >= 15 is 0 Å². The van der Waals surface area contributed by atoms with Gasteiger partial charge in [-0.15, -0.1) is 5.16 Å². The third-order valence-corrected chi connectivity index (χ3v) is 1.61. The van der Waals surface area contributed by atoms with Gasteiger partial charge in [0.05, 0.1) is 11.0 Å². The molecule has 66 valence electrons. The number of nitrogens with zero attached hydrogens (tertiary/aromatic N) is 1. The van der Waals surface area contributed by atoms with E-state index in [1.165, 1.54) is 13.8 Å². The van der Waals surface area contributed by atoms with Gasteiger partial charge >= 0.3 is 5.51 Å². The second kappa shape index (κ2) is 3.34. The molecule has 0 heterocycles.